The Morgan fingerprint density at radius 3 is 2.42 bits per heavy atom. The highest BCUT2D eigenvalue weighted by Gasteiger charge is 2.28. The number of carbonyl (C=O) groups excluding carboxylic acids is 3. The molecule has 8 heteroatoms. The second-order valence-electron chi connectivity index (χ2n) is 6.51. The lowest BCUT2D eigenvalue weighted by Gasteiger charge is -2.23. The summed E-state index contributed by atoms with van der Waals surface area (Å²) < 4.78 is 12.8. The molecule has 7 nitrogen and oxygen atoms in total. The van der Waals surface area contributed by atoms with E-state index in [2.05, 4.69) is 10.6 Å². The van der Waals surface area contributed by atoms with E-state index >= 15 is 0 Å². The predicted octanol–water partition coefficient (Wildman–Crippen LogP) is 0.258. The number of nitrogens with two attached hydrogens (primary N) is 1. The molecule has 1 aliphatic rings. The van der Waals surface area contributed by atoms with Gasteiger partial charge in [-0.2, -0.15) is 0 Å². The molecule has 4 N–H and O–H groups in total. The number of hydrogen-bond donors (Lipinski definition) is 3. The van der Waals surface area contributed by atoms with Crippen LogP contribution in [0.15, 0.2) is 24.3 Å². The molecule has 2 atom stereocenters. The Kier molecular flexibility index (Phi) is 7.08. The van der Waals surface area contributed by atoms with E-state index in [4.69, 9.17) is 5.73 Å². The van der Waals surface area contributed by atoms with Crippen LogP contribution in [-0.2, 0) is 9.59 Å². The smallest absolute Gasteiger partial charge is 0.251 e. The van der Waals surface area contributed by atoms with E-state index in [1.165, 1.54) is 31.2 Å². The van der Waals surface area contributed by atoms with Gasteiger partial charge in [-0.15, -0.1) is 0 Å². The molecule has 142 valence electrons. The Balaban J connectivity index is 1.76. The van der Waals surface area contributed by atoms with Gasteiger partial charge in [-0.25, -0.2) is 4.39 Å². The lowest BCUT2D eigenvalue weighted by molar-refractivity contribution is -0.131. The van der Waals surface area contributed by atoms with Gasteiger partial charge >= 0.3 is 0 Å². The summed E-state index contributed by atoms with van der Waals surface area (Å²) in [7, 11) is 0. The average Bonchev–Trinajstić information content (AvgIpc) is 2.81. The highest BCUT2D eigenvalue weighted by molar-refractivity contribution is 5.94. The van der Waals surface area contributed by atoms with Crippen molar-refractivity contribution < 1.29 is 18.8 Å². The number of carbonyl (C=O) groups is 3. The van der Waals surface area contributed by atoms with Crippen LogP contribution in [0.25, 0.3) is 0 Å². The maximum absolute atomic E-state index is 12.8. The van der Waals surface area contributed by atoms with Gasteiger partial charge in [-0.1, -0.05) is 0 Å². The average molecular weight is 364 g/mol. The zero-order chi connectivity index (χ0) is 19.1. The van der Waals surface area contributed by atoms with Crippen molar-refractivity contribution in [3.63, 3.8) is 0 Å². The number of rotatable bonds is 5. The lowest BCUT2D eigenvalue weighted by atomic mass is 10.0. The first kappa shape index (κ1) is 19.8. The van der Waals surface area contributed by atoms with Crippen LogP contribution in [0.3, 0.4) is 0 Å². The second kappa shape index (κ2) is 9.28. The molecule has 26 heavy (non-hydrogen) atoms. The van der Waals surface area contributed by atoms with Crippen LogP contribution in [0.5, 0.6) is 0 Å². The Bertz CT molecular complexity index is 650. The first-order valence-electron chi connectivity index (χ1n) is 8.69. The molecule has 1 heterocycles. The van der Waals surface area contributed by atoms with Gasteiger partial charge in [-0.05, 0) is 37.1 Å². The van der Waals surface area contributed by atoms with Gasteiger partial charge in [0.25, 0.3) is 5.91 Å². The summed E-state index contributed by atoms with van der Waals surface area (Å²) in [5.41, 5.74) is 6.30. The van der Waals surface area contributed by atoms with E-state index in [1.807, 2.05) is 0 Å². The van der Waals surface area contributed by atoms with Crippen molar-refractivity contribution in [2.45, 2.75) is 25.8 Å². The van der Waals surface area contributed by atoms with Crippen LogP contribution < -0.4 is 16.4 Å². The summed E-state index contributed by atoms with van der Waals surface area (Å²) in [6, 6.07) is 5.11. The number of nitrogens with zero attached hydrogens (tertiary/aromatic N) is 1. The van der Waals surface area contributed by atoms with Gasteiger partial charge in [0.2, 0.25) is 11.8 Å². The van der Waals surface area contributed by atoms with E-state index in [0.717, 1.165) is 0 Å². The minimum absolute atomic E-state index is 0.0910. The summed E-state index contributed by atoms with van der Waals surface area (Å²) in [6.07, 6.45) is 1.31. The molecule has 1 aromatic carbocycles. The number of likely N-dealkylation sites (tertiary alicyclic amines) is 1. The van der Waals surface area contributed by atoms with Crippen LogP contribution in [0.4, 0.5) is 4.39 Å². The van der Waals surface area contributed by atoms with Crippen LogP contribution in [-0.4, -0.2) is 54.8 Å². The largest absolute Gasteiger partial charge is 0.354 e. The van der Waals surface area contributed by atoms with Crippen molar-refractivity contribution in [1.29, 1.82) is 0 Å². The molecule has 0 radical (unpaired) electrons. The summed E-state index contributed by atoms with van der Waals surface area (Å²) in [5, 5.41) is 5.44. The Morgan fingerprint density at radius 2 is 1.77 bits per heavy atom. The maximum atomic E-state index is 12.8. The van der Waals surface area contributed by atoms with E-state index in [0.29, 0.717) is 31.5 Å². The molecule has 1 fully saturated rings. The number of nitrogens with one attached hydrogen (secondary N) is 2. The summed E-state index contributed by atoms with van der Waals surface area (Å²) >= 11 is 0. The molecule has 0 saturated carbocycles. The van der Waals surface area contributed by atoms with Gasteiger partial charge in [0.05, 0.1) is 5.92 Å². The number of amides is 3. The van der Waals surface area contributed by atoms with Crippen molar-refractivity contribution in [3.05, 3.63) is 35.6 Å². The topological polar surface area (TPSA) is 105 Å². The summed E-state index contributed by atoms with van der Waals surface area (Å²) in [6.45, 7) is 2.82. The van der Waals surface area contributed by atoms with Gasteiger partial charge in [0, 0.05) is 44.7 Å². The van der Waals surface area contributed by atoms with E-state index in [1.54, 1.807) is 4.90 Å². The molecule has 2 rings (SSSR count). The zero-order valence-corrected chi connectivity index (χ0v) is 14.8. The molecule has 0 unspecified atom stereocenters. The summed E-state index contributed by atoms with van der Waals surface area (Å²) in [5.74, 6) is -1.28. The third kappa shape index (κ3) is 5.80. The molecule has 1 aromatic rings. The quantitative estimate of drug-likeness (QED) is 0.652. The molecule has 0 spiro atoms. The van der Waals surface area contributed by atoms with Gasteiger partial charge < -0.3 is 21.3 Å². The van der Waals surface area contributed by atoms with E-state index < -0.39 is 5.82 Å². The number of halogens is 1. The first-order chi connectivity index (χ1) is 12.4. The summed E-state index contributed by atoms with van der Waals surface area (Å²) in [4.78, 5) is 37.5. The fourth-order valence-electron chi connectivity index (χ4n) is 2.90. The van der Waals surface area contributed by atoms with Crippen LogP contribution in [0.1, 0.15) is 30.1 Å². The number of benzene rings is 1. The fraction of sp³-hybridized carbons (Fsp3) is 0.500. The van der Waals surface area contributed by atoms with Crippen molar-refractivity contribution in [2.24, 2.45) is 11.7 Å². The van der Waals surface area contributed by atoms with Gasteiger partial charge in [0.15, 0.2) is 0 Å². The first-order valence-corrected chi connectivity index (χ1v) is 8.69. The highest BCUT2D eigenvalue weighted by atomic mass is 19.1. The van der Waals surface area contributed by atoms with Crippen molar-refractivity contribution in [1.82, 2.24) is 15.5 Å². The minimum Gasteiger partial charge on any atom is -0.354 e. The normalized spacial score (nSPS) is 20.2. The Hall–Kier alpha value is -2.48. The maximum Gasteiger partial charge on any atom is 0.251 e. The Morgan fingerprint density at radius 1 is 1.12 bits per heavy atom. The highest BCUT2D eigenvalue weighted by Crippen LogP contribution is 2.16. The third-order valence-corrected chi connectivity index (χ3v) is 4.41. The molecular formula is C18H25FN4O3. The lowest BCUT2D eigenvalue weighted by Crippen LogP contribution is -2.43. The van der Waals surface area contributed by atoms with Crippen LogP contribution >= 0.6 is 0 Å². The number of hydrogen-bond acceptors (Lipinski definition) is 4. The van der Waals surface area contributed by atoms with Crippen molar-refractivity contribution in [2.75, 3.05) is 26.2 Å². The SMILES string of the molecule is CC(=O)N1C[C@@H](N)CC[C@@H](C(=O)NCCNC(=O)c2ccc(F)cc2)C1. The minimum atomic E-state index is -0.406. The van der Waals surface area contributed by atoms with Crippen molar-refractivity contribution in [3.8, 4) is 0 Å². The fourth-order valence-corrected chi connectivity index (χ4v) is 2.90. The molecule has 1 saturated heterocycles. The monoisotopic (exact) mass is 364 g/mol. The molecule has 0 aromatic heterocycles. The molecule has 0 aliphatic carbocycles. The van der Waals surface area contributed by atoms with Crippen molar-refractivity contribution >= 4 is 17.7 Å². The third-order valence-electron chi connectivity index (χ3n) is 4.41. The standard InChI is InChI=1S/C18H25FN4O3/c1-12(24)23-10-14(4-7-16(20)11-23)18(26)22-9-8-21-17(25)13-2-5-15(19)6-3-13/h2-3,5-6,14,16H,4,7-11,20H2,1H3,(H,21,25)(H,22,26)/t14-,16+/m1/s1. The molecular weight excluding hydrogens is 339 g/mol. The van der Waals surface area contributed by atoms with Gasteiger partial charge in [-0.3, -0.25) is 14.4 Å². The van der Waals surface area contributed by atoms with Gasteiger partial charge in [0.1, 0.15) is 5.82 Å². The predicted molar refractivity (Wildman–Crippen MR) is 94.7 cm³/mol. The van der Waals surface area contributed by atoms with Crippen LogP contribution in [0.2, 0.25) is 0 Å². The van der Waals surface area contributed by atoms with E-state index in [-0.39, 0.29) is 42.8 Å². The zero-order valence-electron chi connectivity index (χ0n) is 14.8. The molecule has 0 bridgehead atoms. The second-order valence-corrected chi connectivity index (χ2v) is 6.51. The molecule has 3 amide bonds. The van der Waals surface area contributed by atoms with Crippen LogP contribution in [0, 0.1) is 11.7 Å². The molecule has 1 aliphatic heterocycles. The van der Waals surface area contributed by atoms with E-state index in [9.17, 15) is 18.8 Å². The Labute approximate surface area is 152 Å².